The molecule has 1 N–H and O–H groups in total. The van der Waals surface area contributed by atoms with Crippen LogP contribution >= 0.6 is 0 Å². The van der Waals surface area contributed by atoms with Crippen LogP contribution in [0.25, 0.3) is 11.1 Å². The molecule has 0 fully saturated rings. The van der Waals surface area contributed by atoms with E-state index in [-0.39, 0.29) is 11.4 Å². The van der Waals surface area contributed by atoms with Crippen LogP contribution in [0.15, 0.2) is 57.9 Å². The van der Waals surface area contributed by atoms with Gasteiger partial charge in [0, 0.05) is 12.1 Å². The number of methoxy groups -OCH3 is 1. The number of benzene rings is 2. The molecule has 1 heterocycles. The number of aryl methyl sites for hydroxylation is 2. The number of nitrogens with one attached hydrogen (secondary N) is 1. The van der Waals surface area contributed by atoms with Crippen LogP contribution in [0.5, 0.6) is 5.75 Å². The van der Waals surface area contributed by atoms with Crippen molar-refractivity contribution in [1.29, 1.82) is 0 Å². The van der Waals surface area contributed by atoms with E-state index in [0.717, 1.165) is 22.4 Å². The molecule has 7 heteroatoms. The molecule has 0 bridgehead atoms. The second-order valence-corrected chi connectivity index (χ2v) is 7.67. The SMILES string of the molecule is COc1cccc(CNS(=O)(=O)c2ccc(-c3c(C)noc3C)cc2)c1. The fourth-order valence-electron chi connectivity index (χ4n) is 2.74. The van der Waals surface area contributed by atoms with Gasteiger partial charge < -0.3 is 9.26 Å². The fraction of sp³-hybridized carbons (Fsp3) is 0.211. The fourth-order valence-corrected chi connectivity index (χ4v) is 3.76. The lowest BCUT2D eigenvalue weighted by molar-refractivity contribution is 0.393. The third-order valence-corrected chi connectivity index (χ3v) is 5.50. The maximum Gasteiger partial charge on any atom is 0.240 e. The van der Waals surface area contributed by atoms with Crippen molar-refractivity contribution < 1.29 is 17.7 Å². The predicted molar refractivity (Wildman–Crippen MR) is 98.4 cm³/mol. The Morgan fingerprint density at radius 3 is 2.46 bits per heavy atom. The quantitative estimate of drug-likeness (QED) is 0.717. The Bertz CT molecular complexity index is 989. The summed E-state index contributed by atoms with van der Waals surface area (Å²) in [5.74, 6) is 1.39. The highest BCUT2D eigenvalue weighted by Crippen LogP contribution is 2.27. The first-order valence-electron chi connectivity index (χ1n) is 8.06. The number of hydrogen-bond donors (Lipinski definition) is 1. The molecule has 0 spiro atoms. The molecule has 2 aromatic carbocycles. The summed E-state index contributed by atoms with van der Waals surface area (Å²) in [6.07, 6.45) is 0. The van der Waals surface area contributed by atoms with E-state index < -0.39 is 10.0 Å². The summed E-state index contributed by atoms with van der Waals surface area (Å²) < 4.78 is 38.0. The first kappa shape index (κ1) is 18.2. The minimum absolute atomic E-state index is 0.186. The lowest BCUT2D eigenvalue weighted by Gasteiger charge is -2.09. The highest BCUT2D eigenvalue weighted by atomic mass is 32.2. The van der Waals surface area contributed by atoms with Crippen LogP contribution in [0.4, 0.5) is 0 Å². The normalized spacial score (nSPS) is 11.5. The average Bonchev–Trinajstić information content (AvgIpc) is 2.99. The first-order chi connectivity index (χ1) is 12.4. The second-order valence-electron chi connectivity index (χ2n) is 5.90. The molecule has 0 atom stereocenters. The van der Waals surface area contributed by atoms with Crippen molar-refractivity contribution in [2.24, 2.45) is 0 Å². The molecule has 1 aromatic heterocycles. The molecule has 0 aliphatic heterocycles. The zero-order valence-electron chi connectivity index (χ0n) is 14.8. The Labute approximate surface area is 152 Å². The van der Waals surface area contributed by atoms with Gasteiger partial charge in [-0.05, 0) is 49.2 Å². The summed E-state index contributed by atoms with van der Waals surface area (Å²) in [7, 11) is -2.04. The van der Waals surface area contributed by atoms with Crippen LogP contribution < -0.4 is 9.46 Å². The Morgan fingerprint density at radius 2 is 1.85 bits per heavy atom. The molecule has 26 heavy (non-hydrogen) atoms. The number of rotatable bonds is 6. The Kier molecular flexibility index (Phi) is 5.11. The van der Waals surface area contributed by atoms with Crippen LogP contribution in [0.1, 0.15) is 17.0 Å². The molecule has 3 rings (SSSR count). The molecule has 136 valence electrons. The summed E-state index contributed by atoms with van der Waals surface area (Å²) in [5, 5.41) is 3.93. The van der Waals surface area contributed by atoms with Crippen LogP contribution in [0.2, 0.25) is 0 Å². The van der Waals surface area contributed by atoms with Gasteiger partial charge in [-0.25, -0.2) is 13.1 Å². The zero-order valence-corrected chi connectivity index (χ0v) is 15.6. The van der Waals surface area contributed by atoms with E-state index in [9.17, 15) is 8.42 Å². The van der Waals surface area contributed by atoms with E-state index in [1.807, 2.05) is 32.0 Å². The van der Waals surface area contributed by atoms with Crippen molar-refractivity contribution in [2.45, 2.75) is 25.3 Å². The summed E-state index contributed by atoms with van der Waals surface area (Å²) in [6, 6.07) is 13.9. The Balaban J connectivity index is 1.77. The summed E-state index contributed by atoms with van der Waals surface area (Å²) in [6.45, 7) is 3.87. The van der Waals surface area contributed by atoms with Crippen molar-refractivity contribution >= 4 is 10.0 Å². The molecule has 6 nitrogen and oxygen atoms in total. The van der Waals surface area contributed by atoms with Gasteiger partial charge in [-0.3, -0.25) is 0 Å². The summed E-state index contributed by atoms with van der Waals surface area (Å²) >= 11 is 0. The van der Waals surface area contributed by atoms with Crippen molar-refractivity contribution in [3.05, 3.63) is 65.5 Å². The van der Waals surface area contributed by atoms with Gasteiger partial charge in [-0.1, -0.05) is 29.4 Å². The maximum absolute atomic E-state index is 12.5. The second kappa shape index (κ2) is 7.31. The van der Waals surface area contributed by atoms with Crippen molar-refractivity contribution in [2.75, 3.05) is 7.11 Å². The number of aromatic nitrogens is 1. The lowest BCUT2D eigenvalue weighted by atomic mass is 10.0. The van der Waals surface area contributed by atoms with Gasteiger partial charge in [0.15, 0.2) is 0 Å². The van der Waals surface area contributed by atoms with Gasteiger partial charge in [0.25, 0.3) is 0 Å². The van der Waals surface area contributed by atoms with E-state index in [4.69, 9.17) is 9.26 Å². The zero-order chi connectivity index (χ0) is 18.7. The number of sulfonamides is 1. The van der Waals surface area contributed by atoms with Gasteiger partial charge >= 0.3 is 0 Å². The van der Waals surface area contributed by atoms with E-state index in [1.165, 1.54) is 0 Å². The molecule has 0 amide bonds. The van der Waals surface area contributed by atoms with Gasteiger partial charge in [0.05, 0.1) is 17.7 Å². The summed E-state index contributed by atoms with van der Waals surface area (Å²) in [4.78, 5) is 0.205. The van der Waals surface area contributed by atoms with Crippen molar-refractivity contribution in [3.8, 4) is 16.9 Å². The molecule has 0 radical (unpaired) electrons. The number of hydrogen-bond acceptors (Lipinski definition) is 5. The summed E-state index contributed by atoms with van der Waals surface area (Å²) in [5.41, 5.74) is 3.35. The van der Waals surface area contributed by atoms with E-state index in [2.05, 4.69) is 9.88 Å². The number of nitrogens with zero attached hydrogens (tertiary/aromatic N) is 1. The lowest BCUT2D eigenvalue weighted by Crippen LogP contribution is -2.23. The molecule has 0 aliphatic rings. The first-order valence-corrected chi connectivity index (χ1v) is 9.55. The predicted octanol–water partition coefficient (Wildman–Crippen LogP) is 3.45. The van der Waals surface area contributed by atoms with Gasteiger partial charge in [0.1, 0.15) is 11.5 Å². The Hall–Kier alpha value is -2.64. The minimum atomic E-state index is -3.61. The van der Waals surface area contributed by atoms with Gasteiger partial charge in [0.2, 0.25) is 10.0 Å². The molecule has 0 unspecified atom stereocenters. The average molecular weight is 372 g/mol. The Morgan fingerprint density at radius 1 is 1.12 bits per heavy atom. The molecule has 0 saturated heterocycles. The molecule has 3 aromatic rings. The highest BCUT2D eigenvalue weighted by molar-refractivity contribution is 7.89. The van der Waals surface area contributed by atoms with Crippen LogP contribution in [0, 0.1) is 13.8 Å². The third-order valence-electron chi connectivity index (χ3n) is 4.09. The van der Waals surface area contributed by atoms with E-state index in [0.29, 0.717) is 11.5 Å². The van der Waals surface area contributed by atoms with Gasteiger partial charge in [-0.15, -0.1) is 0 Å². The van der Waals surface area contributed by atoms with E-state index in [1.54, 1.807) is 37.4 Å². The van der Waals surface area contributed by atoms with Crippen LogP contribution in [-0.4, -0.2) is 20.7 Å². The molecule has 0 aliphatic carbocycles. The van der Waals surface area contributed by atoms with Crippen LogP contribution in [-0.2, 0) is 16.6 Å². The topological polar surface area (TPSA) is 81.4 Å². The highest BCUT2D eigenvalue weighted by Gasteiger charge is 2.16. The standard InChI is InChI=1S/C19H20N2O4S/c1-13-19(14(2)25-21-13)16-7-9-18(10-8-16)26(22,23)20-12-15-5-4-6-17(11-15)24-3/h4-11,20H,12H2,1-3H3. The maximum atomic E-state index is 12.5. The number of ether oxygens (including phenoxy) is 1. The largest absolute Gasteiger partial charge is 0.497 e. The minimum Gasteiger partial charge on any atom is -0.497 e. The van der Waals surface area contributed by atoms with Gasteiger partial charge in [-0.2, -0.15) is 0 Å². The molecular formula is C19H20N2O4S. The van der Waals surface area contributed by atoms with Crippen LogP contribution in [0.3, 0.4) is 0 Å². The van der Waals surface area contributed by atoms with E-state index >= 15 is 0 Å². The van der Waals surface area contributed by atoms with Crippen molar-refractivity contribution in [3.63, 3.8) is 0 Å². The molecular weight excluding hydrogens is 352 g/mol. The van der Waals surface area contributed by atoms with Crippen molar-refractivity contribution in [1.82, 2.24) is 9.88 Å². The monoisotopic (exact) mass is 372 g/mol. The smallest absolute Gasteiger partial charge is 0.240 e. The third kappa shape index (κ3) is 3.79. The molecule has 0 saturated carbocycles.